The van der Waals surface area contributed by atoms with Gasteiger partial charge in [0.25, 0.3) is 0 Å². The number of hydrogen-bond acceptors (Lipinski definition) is 3. The van der Waals surface area contributed by atoms with Gasteiger partial charge in [0.2, 0.25) is 17.7 Å². The molecule has 0 aromatic heterocycles. The number of amides is 3. The molecule has 6 nitrogen and oxygen atoms in total. The number of rotatable bonds is 7. The van der Waals surface area contributed by atoms with Gasteiger partial charge in [0, 0.05) is 12.6 Å². The fourth-order valence-corrected chi connectivity index (χ4v) is 2.81. The van der Waals surface area contributed by atoms with E-state index in [0.717, 1.165) is 22.4 Å². The highest BCUT2D eigenvalue weighted by Gasteiger charge is 2.17. The van der Waals surface area contributed by atoms with E-state index in [2.05, 4.69) is 16.0 Å². The SMILES string of the molecule is CC(=O)NC(CC(=O)NCC(=O)Nc1c(C)cccc1C)c1ccccc1. The molecule has 1 atom stereocenters. The molecular formula is C21H25N3O3. The summed E-state index contributed by atoms with van der Waals surface area (Å²) in [6, 6.07) is 14.6. The third-order valence-electron chi connectivity index (χ3n) is 4.16. The van der Waals surface area contributed by atoms with E-state index in [1.807, 2.05) is 62.4 Å². The molecule has 0 aliphatic rings. The van der Waals surface area contributed by atoms with Crippen LogP contribution in [0.15, 0.2) is 48.5 Å². The largest absolute Gasteiger partial charge is 0.349 e. The van der Waals surface area contributed by atoms with Gasteiger partial charge in [-0.1, -0.05) is 48.5 Å². The number of para-hydroxylation sites is 1. The first-order chi connectivity index (χ1) is 12.9. The predicted molar refractivity (Wildman–Crippen MR) is 105 cm³/mol. The van der Waals surface area contributed by atoms with Crippen LogP contribution in [0.5, 0.6) is 0 Å². The fraction of sp³-hybridized carbons (Fsp3) is 0.286. The van der Waals surface area contributed by atoms with Crippen LogP contribution in [0.4, 0.5) is 5.69 Å². The normalized spacial score (nSPS) is 11.4. The molecule has 0 spiro atoms. The summed E-state index contributed by atoms with van der Waals surface area (Å²) in [5.74, 6) is -0.824. The van der Waals surface area contributed by atoms with Crippen molar-refractivity contribution in [3.8, 4) is 0 Å². The van der Waals surface area contributed by atoms with Gasteiger partial charge in [-0.25, -0.2) is 0 Å². The monoisotopic (exact) mass is 367 g/mol. The van der Waals surface area contributed by atoms with E-state index >= 15 is 0 Å². The first-order valence-electron chi connectivity index (χ1n) is 8.81. The van der Waals surface area contributed by atoms with Crippen molar-refractivity contribution in [2.45, 2.75) is 33.2 Å². The van der Waals surface area contributed by atoms with Crippen LogP contribution in [-0.2, 0) is 14.4 Å². The van der Waals surface area contributed by atoms with E-state index in [9.17, 15) is 14.4 Å². The fourth-order valence-electron chi connectivity index (χ4n) is 2.81. The molecular weight excluding hydrogens is 342 g/mol. The molecule has 1 unspecified atom stereocenters. The molecule has 0 fully saturated rings. The maximum absolute atomic E-state index is 12.3. The van der Waals surface area contributed by atoms with E-state index in [0.29, 0.717) is 0 Å². The van der Waals surface area contributed by atoms with Crippen molar-refractivity contribution in [1.82, 2.24) is 10.6 Å². The molecule has 2 aromatic rings. The highest BCUT2D eigenvalue weighted by molar-refractivity contribution is 5.95. The Morgan fingerprint density at radius 2 is 1.52 bits per heavy atom. The number of aryl methyl sites for hydroxylation is 2. The van der Waals surface area contributed by atoms with Gasteiger partial charge in [-0.15, -0.1) is 0 Å². The van der Waals surface area contributed by atoms with Crippen LogP contribution >= 0.6 is 0 Å². The van der Waals surface area contributed by atoms with Crippen LogP contribution in [0.3, 0.4) is 0 Å². The Morgan fingerprint density at radius 3 is 2.11 bits per heavy atom. The minimum Gasteiger partial charge on any atom is -0.349 e. The first-order valence-corrected chi connectivity index (χ1v) is 8.81. The maximum atomic E-state index is 12.3. The van der Waals surface area contributed by atoms with Gasteiger partial charge in [0.1, 0.15) is 0 Å². The van der Waals surface area contributed by atoms with Crippen molar-refractivity contribution in [3.63, 3.8) is 0 Å². The summed E-state index contributed by atoms with van der Waals surface area (Å²) < 4.78 is 0. The van der Waals surface area contributed by atoms with Crippen molar-refractivity contribution >= 4 is 23.4 Å². The quantitative estimate of drug-likeness (QED) is 0.703. The molecule has 2 rings (SSSR count). The second kappa shape index (κ2) is 9.52. The van der Waals surface area contributed by atoms with Gasteiger partial charge in [-0.05, 0) is 30.5 Å². The number of anilines is 1. The van der Waals surface area contributed by atoms with Crippen LogP contribution in [0.2, 0.25) is 0 Å². The summed E-state index contributed by atoms with van der Waals surface area (Å²) in [7, 11) is 0. The second-order valence-corrected chi connectivity index (χ2v) is 6.46. The van der Waals surface area contributed by atoms with E-state index in [1.165, 1.54) is 6.92 Å². The van der Waals surface area contributed by atoms with Gasteiger partial charge in [-0.3, -0.25) is 14.4 Å². The number of nitrogens with one attached hydrogen (secondary N) is 3. The first kappa shape index (κ1) is 20.2. The summed E-state index contributed by atoms with van der Waals surface area (Å²) >= 11 is 0. The lowest BCUT2D eigenvalue weighted by Gasteiger charge is -2.18. The molecule has 0 radical (unpaired) electrons. The average Bonchev–Trinajstić information content (AvgIpc) is 2.63. The minimum absolute atomic E-state index is 0.0558. The molecule has 142 valence electrons. The number of carbonyl (C=O) groups excluding carboxylic acids is 3. The van der Waals surface area contributed by atoms with Gasteiger partial charge in [0.15, 0.2) is 0 Å². The molecule has 3 amide bonds. The molecule has 0 heterocycles. The Hall–Kier alpha value is -3.15. The molecule has 0 saturated carbocycles. The molecule has 27 heavy (non-hydrogen) atoms. The lowest BCUT2D eigenvalue weighted by Crippen LogP contribution is -2.36. The van der Waals surface area contributed by atoms with E-state index in [4.69, 9.17) is 0 Å². The molecule has 2 aromatic carbocycles. The van der Waals surface area contributed by atoms with E-state index in [1.54, 1.807) is 0 Å². The van der Waals surface area contributed by atoms with E-state index < -0.39 is 6.04 Å². The minimum atomic E-state index is -0.439. The molecule has 3 N–H and O–H groups in total. The number of benzene rings is 2. The Bertz CT molecular complexity index is 798. The third kappa shape index (κ3) is 6.26. The molecule has 0 aliphatic carbocycles. The van der Waals surface area contributed by atoms with Crippen LogP contribution in [0, 0.1) is 13.8 Å². The summed E-state index contributed by atoms with van der Waals surface area (Å²) in [6.45, 7) is 5.11. The second-order valence-electron chi connectivity index (χ2n) is 6.46. The lowest BCUT2D eigenvalue weighted by molar-refractivity contribution is -0.125. The standard InChI is InChI=1S/C21H25N3O3/c1-14-8-7-9-15(2)21(14)24-20(27)13-22-19(26)12-18(23-16(3)25)17-10-5-4-6-11-17/h4-11,18H,12-13H2,1-3H3,(H,22,26)(H,23,25)(H,24,27). The predicted octanol–water partition coefficient (Wildman–Crippen LogP) is 2.63. The lowest BCUT2D eigenvalue weighted by atomic mass is 10.0. The number of carbonyl (C=O) groups is 3. The molecule has 0 saturated heterocycles. The Morgan fingerprint density at radius 1 is 0.889 bits per heavy atom. The van der Waals surface area contributed by atoms with Crippen LogP contribution in [-0.4, -0.2) is 24.3 Å². The van der Waals surface area contributed by atoms with Gasteiger partial charge in [-0.2, -0.15) is 0 Å². The average molecular weight is 367 g/mol. The van der Waals surface area contributed by atoms with Crippen molar-refractivity contribution in [2.24, 2.45) is 0 Å². The number of hydrogen-bond donors (Lipinski definition) is 3. The third-order valence-corrected chi connectivity index (χ3v) is 4.16. The van der Waals surface area contributed by atoms with Crippen LogP contribution in [0.25, 0.3) is 0 Å². The topological polar surface area (TPSA) is 87.3 Å². The molecule has 6 heteroatoms. The van der Waals surface area contributed by atoms with E-state index in [-0.39, 0.29) is 30.7 Å². The van der Waals surface area contributed by atoms with Crippen molar-refractivity contribution in [2.75, 3.05) is 11.9 Å². The van der Waals surface area contributed by atoms with Crippen LogP contribution in [0.1, 0.15) is 36.1 Å². The zero-order valence-corrected chi connectivity index (χ0v) is 15.8. The highest BCUT2D eigenvalue weighted by Crippen LogP contribution is 2.19. The van der Waals surface area contributed by atoms with Gasteiger partial charge >= 0.3 is 0 Å². The Balaban J connectivity index is 1.92. The molecule has 0 aliphatic heterocycles. The van der Waals surface area contributed by atoms with Crippen molar-refractivity contribution in [3.05, 3.63) is 65.2 Å². The van der Waals surface area contributed by atoms with Gasteiger partial charge < -0.3 is 16.0 Å². The summed E-state index contributed by atoms with van der Waals surface area (Å²) in [5, 5.41) is 8.21. The summed E-state index contributed by atoms with van der Waals surface area (Å²) in [4.78, 5) is 35.9. The summed E-state index contributed by atoms with van der Waals surface area (Å²) in [5.41, 5.74) is 3.52. The zero-order chi connectivity index (χ0) is 19.8. The van der Waals surface area contributed by atoms with Crippen molar-refractivity contribution in [1.29, 1.82) is 0 Å². The van der Waals surface area contributed by atoms with Crippen molar-refractivity contribution < 1.29 is 14.4 Å². The Labute approximate surface area is 159 Å². The molecule has 0 bridgehead atoms. The Kier molecular flexibility index (Phi) is 7.11. The summed E-state index contributed by atoms with van der Waals surface area (Å²) in [6.07, 6.45) is 0.0558. The smallest absolute Gasteiger partial charge is 0.243 e. The van der Waals surface area contributed by atoms with Crippen LogP contribution < -0.4 is 16.0 Å². The zero-order valence-electron chi connectivity index (χ0n) is 15.8. The maximum Gasteiger partial charge on any atom is 0.243 e. The highest BCUT2D eigenvalue weighted by atomic mass is 16.2. The van der Waals surface area contributed by atoms with Gasteiger partial charge in [0.05, 0.1) is 19.0 Å².